The van der Waals surface area contributed by atoms with Crippen molar-refractivity contribution < 1.29 is 4.79 Å². The Balaban J connectivity index is 2.30. The lowest BCUT2D eigenvalue weighted by molar-refractivity contribution is 0.101. The summed E-state index contributed by atoms with van der Waals surface area (Å²) in [6.45, 7) is 5.74. The molecule has 0 aliphatic rings. The second-order valence-electron chi connectivity index (χ2n) is 4.65. The smallest absolute Gasteiger partial charge is 0.161 e. The van der Waals surface area contributed by atoms with E-state index in [1.165, 1.54) is 22.9 Å². The molecule has 0 radical (unpaired) electrons. The Labute approximate surface area is 118 Å². The van der Waals surface area contributed by atoms with E-state index >= 15 is 0 Å². The quantitative estimate of drug-likeness (QED) is 0.670. The Bertz CT molecular complexity index is 635. The topological polar surface area (TPSA) is 43.1 Å². The highest BCUT2D eigenvalue weighted by Gasteiger charge is 2.07. The summed E-state index contributed by atoms with van der Waals surface area (Å²) < 4.78 is 0. The zero-order chi connectivity index (χ0) is 14.0. The van der Waals surface area contributed by atoms with Gasteiger partial charge in [0.2, 0.25) is 0 Å². The van der Waals surface area contributed by atoms with Crippen LogP contribution in [0.15, 0.2) is 46.2 Å². The fourth-order valence-corrected chi connectivity index (χ4v) is 2.77. The first-order valence-corrected chi connectivity index (χ1v) is 6.94. The van der Waals surface area contributed by atoms with Crippen molar-refractivity contribution in [3.8, 4) is 0 Å². The van der Waals surface area contributed by atoms with Crippen molar-refractivity contribution in [2.24, 2.45) is 0 Å². The summed E-state index contributed by atoms with van der Waals surface area (Å²) >= 11 is 1.64. The third-order valence-corrected chi connectivity index (χ3v) is 4.10. The van der Waals surface area contributed by atoms with E-state index in [0.717, 1.165) is 4.90 Å². The number of carbonyl (C=O) groups is 1. The number of aryl methyl sites for hydroxylation is 2. The number of hydrogen-bond donors (Lipinski definition) is 1. The third kappa shape index (κ3) is 3.18. The maximum absolute atomic E-state index is 11.5. The van der Waals surface area contributed by atoms with Crippen LogP contribution in [0.4, 0.5) is 5.69 Å². The number of ketones is 1. The molecule has 0 fully saturated rings. The Hall–Kier alpha value is -1.74. The second-order valence-corrected chi connectivity index (χ2v) is 5.80. The molecule has 0 unspecified atom stereocenters. The van der Waals surface area contributed by atoms with Gasteiger partial charge in [0, 0.05) is 21.0 Å². The number of carbonyl (C=O) groups excluding carboxylic acids is 1. The van der Waals surface area contributed by atoms with Crippen LogP contribution in [0.3, 0.4) is 0 Å². The molecule has 19 heavy (non-hydrogen) atoms. The average Bonchev–Trinajstić information content (AvgIpc) is 2.36. The highest BCUT2D eigenvalue weighted by atomic mass is 32.2. The first-order chi connectivity index (χ1) is 8.97. The van der Waals surface area contributed by atoms with Crippen molar-refractivity contribution in [1.29, 1.82) is 0 Å². The lowest BCUT2D eigenvalue weighted by atomic mass is 10.1. The Morgan fingerprint density at radius 3 is 2.26 bits per heavy atom. The lowest BCUT2D eigenvalue weighted by Gasteiger charge is -2.07. The highest BCUT2D eigenvalue weighted by molar-refractivity contribution is 7.99. The summed E-state index contributed by atoms with van der Waals surface area (Å²) in [6, 6.07) is 12.0. The van der Waals surface area contributed by atoms with Gasteiger partial charge in [0.15, 0.2) is 5.78 Å². The van der Waals surface area contributed by atoms with Gasteiger partial charge in [-0.3, -0.25) is 4.79 Å². The van der Waals surface area contributed by atoms with Gasteiger partial charge in [-0.1, -0.05) is 17.8 Å². The van der Waals surface area contributed by atoms with Gasteiger partial charge in [0.05, 0.1) is 0 Å². The van der Waals surface area contributed by atoms with Crippen molar-refractivity contribution >= 4 is 23.2 Å². The molecule has 2 rings (SSSR count). The van der Waals surface area contributed by atoms with Crippen molar-refractivity contribution in [3.05, 3.63) is 53.1 Å². The van der Waals surface area contributed by atoms with Crippen molar-refractivity contribution in [3.63, 3.8) is 0 Å². The molecule has 98 valence electrons. The van der Waals surface area contributed by atoms with Gasteiger partial charge in [0.25, 0.3) is 0 Å². The number of benzene rings is 2. The van der Waals surface area contributed by atoms with Crippen LogP contribution in [0.5, 0.6) is 0 Å². The molecule has 0 aliphatic carbocycles. The minimum atomic E-state index is 0.0000340. The van der Waals surface area contributed by atoms with Gasteiger partial charge < -0.3 is 5.73 Å². The summed E-state index contributed by atoms with van der Waals surface area (Å²) in [5.41, 5.74) is 9.48. The summed E-state index contributed by atoms with van der Waals surface area (Å²) in [7, 11) is 0. The summed E-state index contributed by atoms with van der Waals surface area (Å²) in [4.78, 5) is 13.7. The molecule has 0 heterocycles. The molecule has 3 heteroatoms. The molecule has 0 amide bonds. The predicted octanol–water partition coefficient (Wildman–Crippen LogP) is 4.24. The minimum Gasteiger partial charge on any atom is -0.398 e. The van der Waals surface area contributed by atoms with E-state index < -0.39 is 0 Å². The zero-order valence-corrected chi connectivity index (χ0v) is 12.2. The van der Waals surface area contributed by atoms with Crippen LogP contribution in [0, 0.1) is 13.8 Å². The van der Waals surface area contributed by atoms with E-state index in [4.69, 9.17) is 5.73 Å². The molecular formula is C16H17NOS. The van der Waals surface area contributed by atoms with Crippen molar-refractivity contribution in [1.82, 2.24) is 0 Å². The Morgan fingerprint density at radius 1 is 1.00 bits per heavy atom. The van der Waals surface area contributed by atoms with Crippen LogP contribution in [-0.2, 0) is 0 Å². The highest BCUT2D eigenvalue weighted by Crippen LogP contribution is 2.31. The molecule has 2 N–H and O–H groups in total. The molecular weight excluding hydrogens is 254 g/mol. The SMILES string of the molecule is CC(=O)c1cc(Sc2ccc(C)c(C)c2)ccc1N. The third-order valence-electron chi connectivity index (χ3n) is 3.12. The Morgan fingerprint density at radius 2 is 1.63 bits per heavy atom. The standard InChI is InChI=1S/C16H17NOS/c1-10-4-5-13(8-11(10)2)19-14-6-7-16(17)15(9-14)12(3)18/h4-9H,17H2,1-3H3. The van der Waals surface area contributed by atoms with Gasteiger partial charge in [-0.15, -0.1) is 0 Å². The Kier molecular flexibility index (Phi) is 3.96. The molecule has 0 saturated carbocycles. The van der Waals surface area contributed by atoms with Crippen LogP contribution >= 0.6 is 11.8 Å². The number of nitrogens with two attached hydrogens (primary N) is 1. The van der Waals surface area contributed by atoms with E-state index in [1.807, 2.05) is 12.1 Å². The van der Waals surface area contributed by atoms with E-state index in [0.29, 0.717) is 11.3 Å². The maximum Gasteiger partial charge on any atom is 0.161 e. The molecule has 0 aliphatic heterocycles. The average molecular weight is 271 g/mol. The summed E-state index contributed by atoms with van der Waals surface area (Å²) in [5.74, 6) is 0.0000340. The van der Waals surface area contributed by atoms with Gasteiger partial charge in [-0.25, -0.2) is 0 Å². The number of anilines is 1. The number of rotatable bonds is 3. The maximum atomic E-state index is 11.5. The first-order valence-electron chi connectivity index (χ1n) is 6.13. The molecule has 0 spiro atoms. The molecule has 2 nitrogen and oxygen atoms in total. The molecule has 2 aromatic carbocycles. The van der Waals surface area contributed by atoms with Gasteiger partial charge in [-0.2, -0.15) is 0 Å². The van der Waals surface area contributed by atoms with Gasteiger partial charge >= 0.3 is 0 Å². The van der Waals surface area contributed by atoms with Crippen LogP contribution in [-0.4, -0.2) is 5.78 Å². The predicted molar refractivity (Wildman–Crippen MR) is 80.9 cm³/mol. The summed E-state index contributed by atoms with van der Waals surface area (Å²) in [5, 5.41) is 0. The van der Waals surface area contributed by atoms with Crippen molar-refractivity contribution in [2.45, 2.75) is 30.6 Å². The van der Waals surface area contributed by atoms with Gasteiger partial charge in [-0.05, 0) is 62.2 Å². The molecule has 0 atom stereocenters. The zero-order valence-electron chi connectivity index (χ0n) is 11.4. The minimum absolute atomic E-state index is 0.0000340. The fourth-order valence-electron chi connectivity index (χ4n) is 1.82. The number of Topliss-reactive ketones (excluding diaryl/α,β-unsaturated/α-hetero) is 1. The monoisotopic (exact) mass is 271 g/mol. The van der Waals surface area contributed by atoms with E-state index in [1.54, 1.807) is 17.8 Å². The lowest BCUT2D eigenvalue weighted by Crippen LogP contribution is -1.99. The van der Waals surface area contributed by atoms with E-state index in [2.05, 4.69) is 32.0 Å². The second kappa shape index (κ2) is 5.49. The first kappa shape index (κ1) is 13.7. The summed E-state index contributed by atoms with van der Waals surface area (Å²) in [6.07, 6.45) is 0. The fraction of sp³-hybridized carbons (Fsp3) is 0.188. The molecule has 0 bridgehead atoms. The number of nitrogen functional groups attached to an aromatic ring is 1. The van der Waals surface area contributed by atoms with Crippen LogP contribution in [0.1, 0.15) is 28.4 Å². The molecule has 0 aromatic heterocycles. The molecule has 2 aromatic rings. The largest absolute Gasteiger partial charge is 0.398 e. The number of hydrogen-bond acceptors (Lipinski definition) is 3. The molecule has 0 saturated heterocycles. The van der Waals surface area contributed by atoms with Crippen LogP contribution in [0.2, 0.25) is 0 Å². The normalized spacial score (nSPS) is 10.5. The van der Waals surface area contributed by atoms with E-state index in [9.17, 15) is 4.79 Å². The van der Waals surface area contributed by atoms with Crippen molar-refractivity contribution in [2.75, 3.05) is 5.73 Å². The van der Waals surface area contributed by atoms with E-state index in [-0.39, 0.29) is 5.78 Å². The van der Waals surface area contributed by atoms with Crippen LogP contribution < -0.4 is 5.73 Å². The van der Waals surface area contributed by atoms with Crippen LogP contribution in [0.25, 0.3) is 0 Å². The van der Waals surface area contributed by atoms with Gasteiger partial charge in [0.1, 0.15) is 0 Å².